The zero-order chi connectivity index (χ0) is 11.3. The lowest BCUT2D eigenvalue weighted by Gasteiger charge is -2.13. The van der Waals surface area contributed by atoms with Crippen molar-refractivity contribution in [1.29, 1.82) is 0 Å². The predicted octanol–water partition coefficient (Wildman–Crippen LogP) is 0.438. The summed E-state index contributed by atoms with van der Waals surface area (Å²) in [5.74, 6) is -0.589. The van der Waals surface area contributed by atoms with Crippen LogP contribution in [0.25, 0.3) is 0 Å². The fraction of sp³-hybridized carbons (Fsp3) is 0.364. The van der Waals surface area contributed by atoms with E-state index < -0.39 is 18.1 Å². The van der Waals surface area contributed by atoms with Gasteiger partial charge in [0, 0.05) is 0 Å². The lowest BCUT2D eigenvalue weighted by Crippen LogP contribution is -2.41. The smallest absolute Gasteiger partial charge is 0.325 e. The van der Waals surface area contributed by atoms with Gasteiger partial charge in [0.15, 0.2) is 0 Å². The Balaban J connectivity index is 2.41. The maximum absolute atomic E-state index is 11.3. The van der Waals surface area contributed by atoms with Crippen LogP contribution in [0.1, 0.15) is 12.5 Å². The number of aliphatic hydroxyl groups excluding tert-OH is 1. The second-order valence-corrected chi connectivity index (χ2v) is 3.36. The van der Waals surface area contributed by atoms with Gasteiger partial charge in [-0.2, -0.15) is 0 Å². The maximum Gasteiger partial charge on any atom is 0.325 e. The number of nitrogens with two attached hydrogens (primary N) is 1. The molecular formula is C11H15NO3. The Kier molecular flexibility index (Phi) is 4.27. The van der Waals surface area contributed by atoms with Crippen molar-refractivity contribution in [2.24, 2.45) is 5.73 Å². The number of hydrogen-bond donors (Lipinski definition) is 2. The summed E-state index contributed by atoms with van der Waals surface area (Å²) >= 11 is 0. The summed E-state index contributed by atoms with van der Waals surface area (Å²) < 4.78 is 4.93. The molecule has 3 N–H and O–H groups in total. The van der Waals surface area contributed by atoms with E-state index in [0.29, 0.717) is 0 Å². The molecule has 0 fully saturated rings. The molecule has 0 saturated heterocycles. The molecule has 1 rings (SSSR count). The highest BCUT2D eigenvalue weighted by Crippen LogP contribution is 2.02. The lowest BCUT2D eigenvalue weighted by molar-refractivity contribution is -0.149. The molecule has 0 heterocycles. The molecule has 0 amide bonds. The molecule has 0 saturated carbocycles. The van der Waals surface area contributed by atoms with Crippen molar-refractivity contribution in [3.05, 3.63) is 35.9 Å². The van der Waals surface area contributed by atoms with E-state index in [0.717, 1.165) is 5.56 Å². The first-order chi connectivity index (χ1) is 7.11. The van der Waals surface area contributed by atoms with Crippen molar-refractivity contribution in [3.63, 3.8) is 0 Å². The minimum absolute atomic E-state index is 0.181. The van der Waals surface area contributed by atoms with Crippen molar-refractivity contribution in [1.82, 2.24) is 0 Å². The highest BCUT2D eigenvalue weighted by atomic mass is 16.5. The molecule has 0 aliphatic heterocycles. The highest BCUT2D eigenvalue weighted by Gasteiger charge is 2.19. The largest absolute Gasteiger partial charge is 0.460 e. The number of carbonyl (C=O) groups is 1. The summed E-state index contributed by atoms with van der Waals surface area (Å²) in [6, 6.07) is 8.32. The Bertz CT molecular complexity index is 311. The minimum atomic E-state index is -0.978. The molecule has 2 atom stereocenters. The molecule has 1 aromatic carbocycles. The van der Waals surface area contributed by atoms with Crippen LogP contribution in [-0.4, -0.2) is 23.2 Å². The fourth-order valence-electron chi connectivity index (χ4n) is 1.02. The van der Waals surface area contributed by atoms with Crippen LogP contribution < -0.4 is 5.73 Å². The Morgan fingerprint density at radius 3 is 2.60 bits per heavy atom. The minimum Gasteiger partial charge on any atom is -0.460 e. The quantitative estimate of drug-likeness (QED) is 0.706. The van der Waals surface area contributed by atoms with Crippen molar-refractivity contribution >= 4 is 5.97 Å². The Morgan fingerprint density at radius 2 is 2.07 bits per heavy atom. The van der Waals surface area contributed by atoms with Gasteiger partial charge in [-0.05, 0) is 12.5 Å². The van der Waals surface area contributed by atoms with Crippen molar-refractivity contribution < 1.29 is 14.6 Å². The van der Waals surface area contributed by atoms with Gasteiger partial charge in [0.05, 0.1) is 6.10 Å². The van der Waals surface area contributed by atoms with Crippen molar-refractivity contribution in [2.45, 2.75) is 25.7 Å². The van der Waals surface area contributed by atoms with Crippen LogP contribution in [0.4, 0.5) is 0 Å². The Morgan fingerprint density at radius 1 is 1.47 bits per heavy atom. The van der Waals surface area contributed by atoms with E-state index in [9.17, 15) is 4.79 Å². The summed E-state index contributed by atoms with van der Waals surface area (Å²) in [7, 11) is 0. The third-order valence-electron chi connectivity index (χ3n) is 2.02. The monoisotopic (exact) mass is 209 g/mol. The molecule has 2 unspecified atom stereocenters. The number of hydrogen-bond acceptors (Lipinski definition) is 4. The van der Waals surface area contributed by atoms with Crippen LogP contribution in [0.5, 0.6) is 0 Å². The Labute approximate surface area is 88.7 Å². The molecule has 0 spiro atoms. The molecule has 0 bridgehead atoms. The SMILES string of the molecule is CC(O)C(N)C(=O)OCc1ccccc1. The number of rotatable bonds is 4. The average molecular weight is 209 g/mol. The molecule has 4 nitrogen and oxygen atoms in total. The molecular weight excluding hydrogens is 194 g/mol. The van der Waals surface area contributed by atoms with Gasteiger partial charge in [-0.3, -0.25) is 4.79 Å². The van der Waals surface area contributed by atoms with E-state index in [1.807, 2.05) is 30.3 Å². The second-order valence-electron chi connectivity index (χ2n) is 3.36. The predicted molar refractivity (Wildman–Crippen MR) is 55.9 cm³/mol. The van der Waals surface area contributed by atoms with E-state index in [1.54, 1.807) is 0 Å². The van der Waals surface area contributed by atoms with Gasteiger partial charge in [0.1, 0.15) is 12.6 Å². The van der Waals surface area contributed by atoms with Crippen LogP contribution in [0, 0.1) is 0 Å². The van der Waals surface area contributed by atoms with Gasteiger partial charge in [-0.25, -0.2) is 0 Å². The molecule has 0 aromatic heterocycles. The van der Waals surface area contributed by atoms with E-state index in [4.69, 9.17) is 15.6 Å². The summed E-state index contributed by atoms with van der Waals surface area (Å²) in [6.07, 6.45) is -0.895. The molecule has 1 aromatic rings. The Hall–Kier alpha value is -1.39. The molecule has 15 heavy (non-hydrogen) atoms. The number of benzene rings is 1. The summed E-state index contributed by atoms with van der Waals surface area (Å²) in [6.45, 7) is 1.63. The van der Waals surface area contributed by atoms with Crippen LogP contribution in [0.15, 0.2) is 30.3 Å². The number of carbonyl (C=O) groups excluding carboxylic acids is 1. The van der Waals surface area contributed by atoms with Crippen molar-refractivity contribution in [3.8, 4) is 0 Å². The average Bonchev–Trinajstić information content (AvgIpc) is 2.26. The maximum atomic E-state index is 11.3. The number of esters is 1. The van der Waals surface area contributed by atoms with Gasteiger partial charge in [-0.15, -0.1) is 0 Å². The van der Waals surface area contributed by atoms with Gasteiger partial charge < -0.3 is 15.6 Å². The lowest BCUT2D eigenvalue weighted by atomic mass is 10.2. The van der Waals surface area contributed by atoms with E-state index in [1.165, 1.54) is 6.92 Å². The zero-order valence-corrected chi connectivity index (χ0v) is 8.59. The third kappa shape index (κ3) is 3.69. The van der Waals surface area contributed by atoms with Crippen LogP contribution in [0.3, 0.4) is 0 Å². The van der Waals surface area contributed by atoms with E-state index in [-0.39, 0.29) is 6.61 Å². The molecule has 0 aliphatic carbocycles. The molecule has 4 heteroatoms. The number of aliphatic hydroxyl groups is 1. The van der Waals surface area contributed by atoms with E-state index in [2.05, 4.69) is 0 Å². The van der Waals surface area contributed by atoms with Gasteiger partial charge >= 0.3 is 5.97 Å². The fourth-order valence-corrected chi connectivity index (χ4v) is 1.02. The van der Waals surface area contributed by atoms with Crippen molar-refractivity contribution in [2.75, 3.05) is 0 Å². The molecule has 0 aliphatic rings. The van der Waals surface area contributed by atoms with Crippen LogP contribution >= 0.6 is 0 Å². The second kappa shape index (κ2) is 5.48. The van der Waals surface area contributed by atoms with Crippen LogP contribution in [0.2, 0.25) is 0 Å². The van der Waals surface area contributed by atoms with Crippen LogP contribution in [-0.2, 0) is 16.1 Å². The summed E-state index contributed by atoms with van der Waals surface area (Å²) in [5, 5.41) is 9.06. The zero-order valence-electron chi connectivity index (χ0n) is 8.59. The standard InChI is InChI=1S/C11H15NO3/c1-8(13)10(12)11(14)15-7-9-5-3-2-4-6-9/h2-6,8,10,13H,7,12H2,1H3. The summed E-state index contributed by atoms with van der Waals surface area (Å²) in [5.41, 5.74) is 6.29. The first-order valence-electron chi connectivity index (χ1n) is 4.75. The van der Waals surface area contributed by atoms with E-state index >= 15 is 0 Å². The topological polar surface area (TPSA) is 72.5 Å². The normalized spacial score (nSPS) is 14.3. The van der Waals surface area contributed by atoms with Gasteiger partial charge in [-0.1, -0.05) is 30.3 Å². The highest BCUT2D eigenvalue weighted by molar-refractivity contribution is 5.76. The van der Waals surface area contributed by atoms with Gasteiger partial charge in [0.2, 0.25) is 0 Å². The third-order valence-corrected chi connectivity index (χ3v) is 2.02. The first-order valence-corrected chi connectivity index (χ1v) is 4.75. The van der Waals surface area contributed by atoms with Gasteiger partial charge in [0.25, 0.3) is 0 Å². The molecule has 82 valence electrons. The first kappa shape index (κ1) is 11.7. The number of ether oxygens (including phenoxy) is 1. The molecule has 0 radical (unpaired) electrons. The summed E-state index contributed by atoms with van der Waals surface area (Å²) in [4.78, 5) is 11.3.